The second-order valence-corrected chi connectivity index (χ2v) is 6.42. The maximum absolute atomic E-state index is 12.3. The first-order valence-electron chi connectivity index (χ1n) is 8.81. The molecule has 3 heterocycles. The van der Waals surface area contributed by atoms with Crippen molar-refractivity contribution in [3.8, 4) is 17.3 Å². The normalized spacial score (nSPS) is 12.2. The third-order valence-corrected chi connectivity index (χ3v) is 4.32. The SMILES string of the molecule is Cc1cc(C)n(-c2ccc(=O)n(CCNC(=O)c3ccc4c(c3)OCO4)n2)n1. The third kappa shape index (κ3) is 3.46. The Bertz CT molecular complexity index is 1100. The zero-order valence-electron chi connectivity index (χ0n) is 15.5. The quantitative estimate of drug-likeness (QED) is 0.713. The highest BCUT2D eigenvalue weighted by molar-refractivity contribution is 5.94. The highest BCUT2D eigenvalue weighted by Gasteiger charge is 2.16. The number of carbonyl (C=O) groups excluding carboxylic acids is 1. The Morgan fingerprint density at radius 2 is 1.93 bits per heavy atom. The van der Waals surface area contributed by atoms with Gasteiger partial charge in [0, 0.05) is 23.9 Å². The molecule has 4 rings (SSSR count). The Labute approximate surface area is 160 Å². The molecule has 0 spiro atoms. The van der Waals surface area contributed by atoms with E-state index in [2.05, 4.69) is 15.5 Å². The van der Waals surface area contributed by atoms with Crippen molar-refractivity contribution in [1.82, 2.24) is 24.9 Å². The number of nitrogens with one attached hydrogen (secondary N) is 1. The molecule has 1 aliphatic heterocycles. The van der Waals surface area contributed by atoms with E-state index in [-0.39, 0.29) is 31.3 Å². The molecule has 0 atom stereocenters. The van der Waals surface area contributed by atoms with E-state index in [1.54, 1.807) is 28.9 Å². The highest BCUT2D eigenvalue weighted by Crippen LogP contribution is 2.32. The summed E-state index contributed by atoms with van der Waals surface area (Å²) < 4.78 is 13.5. The lowest BCUT2D eigenvalue weighted by molar-refractivity contribution is 0.0951. The molecule has 1 N–H and O–H groups in total. The molecule has 2 aromatic heterocycles. The number of carbonyl (C=O) groups is 1. The second-order valence-electron chi connectivity index (χ2n) is 6.42. The van der Waals surface area contributed by atoms with Crippen molar-refractivity contribution in [3.63, 3.8) is 0 Å². The lowest BCUT2D eigenvalue weighted by Crippen LogP contribution is -2.32. The Kier molecular flexibility index (Phi) is 4.56. The second kappa shape index (κ2) is 7.18. The fraction of sp³-hybridized carbons (Fsp3) is 0.263. The Balaban J connectivity index is 1.43. The van der Waals surface area contributed by atoms with Gasteiger partial charge in [0.15, 0.2) is 17.3 Å². The van der Waals surface area contributed by atoms with Crippen LogP contribution in [-0.4, -0.2) is 38.8 Å². The van der Waals surface area contributed by atoms with Gasteiger partial charge >= 0.3 is 0 Å². The number of rotatable bonds is 5. The van der Waals surface area contributed by atoms with E-state index in [0.29, 0.717) is 22.9 Å². The van der Waals surface area contributed by atoms with E-state index >= 15 is 0 Å². The Morgan fingerprint density at radius 1 is 1.11 bits per heavy atom. The largest absolute Gasteiger partial charge is 0.454 e. The van der Waals surface area contributed by atoms with Crippen molar-refractivity contribution in [2.75, 3.05) is 13.3 Å². The van der Waals surface area contributed by atoms with Gasteiger partial charge in [-0.15, -0.1) is 5.10 Å². The van der Waals surface area contributed by atoms with Crippen LogP contribution in [0.2, 0.25) is 0 Å². The van der Waals surface area contributed by atoms with E-state index in [1.807, 2.05) is 19.9 Å². The van der Waals surface area contributed by atoms with Crippen molar-refractivity contribution in [1.29, 1.82) is 0 Å². The fourth-order valence-electron chi connectivity index (χ4n) is 2.99. The van der Waals surface area contributed by atoms with Gasteiger partial charge in [0.1, 0.15) is 0 Å². The molecule has 0 unspecified atom stereocenters. The van der Waals surface area contributed by atoms with Gasteiger partial charge in [0.2, 0.25) is 6.79 Å². The van der Waals surface area contributed by atoms with Crippen molar-refractivity contribution < 1.29 is 14.3 Å². The number of aromatic nitrogens is 4. The van der Waals surface area contributed by atoms with Crippen LogP contribution in [0.3, 0.4) is 0 Å². The summed E-state index contributed by atoms with van der Waals surface area (Å²) in [5, 5.41) is 11.5. The van der Waals surface area contributed by atoms with Gasteiger partial charge in [-0.3, -0.25) is 9.59 Å². The van der Waals surface area contributed by atoms with E-state index in [4.69, 9.17) is 9.47 Å². The zero-order chi connectivity index (χ0) is 19.7. The number of nitrogens with zero attached hydrogens (tertiary/aromatic N) is 4. The molecule has 1 amide bonds. The number of hydrogen-bond donors (Lipinski definition) is 1. The van der Waals surface area contributed by atoms with E-state index in [1.165, 1.54) is 10.7 Å². The first-order chi connectivity index (χ1) is 13.5. The van der Waals surface area contributed by atoms with E-state index < -0.39 is 0 Å². The van der Waals surface area contributed by atoms with Gasteiger partial charge in [-0.2, -0.15) is 5.10 Å². The minimum absolute atomic E-state index is 0.153. The molecule has 1 aromatic carbocycles. The number of aryl methyl sites for hydroxylation is 2. The number of ether oxygens (including phenoxy) is 2. The Hall–Kier alpha value is -3.62. The van der Waals surface area contributed by atoms with Gasteiger partial charge in [-0.25, -0.2) is 9.36 Å². The Morgan fingerprint density at radius 3 is 2.71 bits per heavy atom. The average Bonchev–Trinajstić information content (AvgIpc) is 3.28. The van der Waals surface area contributed by atoms with Gasteiger partial charge in [-0.1, -0.05) is 0 Å². The molecular weight excluding hydrogens is 362 g/mol. The third-order valence-electron chi connectivity index (χ3n) is 4.32. The van der Waals surface area contributed by atoms with E-state index in [9.17, 15) is 9.59 Å². The van der Waals surface area contributed by atoms with Crippen LogP contribution in [0.1, 0.15) is 21.7 Å². The molecular formula is C19H19N5O4. The topological polar surface area (TPSA) is 100 Å². The van der Waals surface area contributed by atoms with E-state index in [0.717, 1.165) is 11.4 Å². The molecule has 144 valence electrons. The number of hydrogen-bond acceptors (Lipinski definition) is 6. The molecule has 0 saturated carbocycles. The first kappa shape index (κ1) is 17.8. The predicted octanol–water partition coefficient (Wildman–Crippen LogP) is 1.20. The summed E-state index contributed by atoms with van der Waals surface area (Å²) in [5.74, 6) is 1.45. The maximum Gasteiger partial charge on any atom is 0.266 e. The molecule has 28 heavy (non-hydrogen) atoms. The van der Waals surface area contributed by atoms with Crippen LogP contribution in [0.5, 0.6) is 11.5 Å². The average molecular weight is 381 g/mol. The van der Waals surface area contributed by atoms with Gasteiger partial charge in [0.05, 0.1) is 12.2 Å². The van der Waals surface area contributed by atoms with Crippen LogP contribution >= 0.6 is 0 Å². The molecule has 9 heteroatoms. The van der Waals surface area contributed by atoms with Crippen molar-refractivity contribution >= 4 is 5.91 Å². The molecule has 3 aromatic rings. The minimum Gasteiger partial charge on any atom is -0.454 e. The molecule has 1 aliphatic rings. The first-order valence-corrected chi connectivity index (χ1v) is 8.81. The van der Waals surface area contributed by atoms with Gasteiger partial charge in [0.25, 0.3) is 11.5 Å². The molecule has 0 radical (unpaired) electrons. The number of amides is 1. The van der Waals surface area contributed by atoms with Gasteiger partial charge < -0.3 is 14.8 Å². The van der Waals surface area contributed by atoms with Gasteiger partial charge in [-0.05, 0) is 44.2 Å². The van der Waals surface area contributed by atoms with Crippen molar-refractivity contribution in [2.45, 2.75) is 20.4 Å². The summed E-state index contributed by atoms with van der Waals surface area (Å²) in [6.07, 6.45) is 0. The van der Waals surface area contributed by atoms with Crippen LogP contribution in [0, 0.1) is 13.8 Å². The smallest absolute Gasteiger partial charge is 0.266 e. The molecule has 9 nitrogen and oxygen atoms in total. The standard InChI is InChI=1S/C19H19N5O4/c1-12-9-13(2)24(21-12)17-5-6-18(25)23(22-17)8-7-20-19(26)14-3-4-15-16(10-14)28-11-27-15/h3-6,9-10H,7-8,11H2,1-2H3,(H,20,26). The predicted molar refractivity (Wildman–Crippen MR) is 100.0 cm³/mol. The zero-order valence-corrected chi connectivity index (χ0v) is 15.5. The summed E-state index contributed by atoms with van der Waals surface area (Å²) in [6, 6.07) is 9.99. The summed E-state index contributed by atoms with van der Waals surface area (Å²) in [7, 11) is 0. The number of benzene rings is 1. The van der Waals surface area contributed by atoms with Crippen LogP contribution in [0.15, 0.2) is 41.2 Å². The molecule has 0 bridgehead atoms. The monoisotopic (exact) mass is 381 g/mol. The fourth-order valence-corrected chi connectivity index (χ4v) is 2.99. The lowest BCUT2D eigenvalue weighted by atomic mass is 10.2. The summed E-state index contributed by atoms with van der Waals surface area (Å²) in [6.45, 7) is 4.46. The molecule has 0 aliphatic carbocycles. The van der Waals surface area contributed by atoms with Crippen LogP contribution in [0.25, 0.3) is 5.82 Å². The summed E-state index contributed by atoms with van der Waals surface area (Å²) in [5.41, 5.74) is 2.00. The highest BCUT2D eigenvalue weighted by atomic mass is 16.7. The minimum atomic E-state index is -0.263. The van der Waals surface area contributed by atoms with Crippen molar-refractivity contribution in [3.05, 3.63) is 63.7 Å². The number of fused-ring (bicyclic) bond motifs is 1. The van der Waals surface area contributed by atoms with Crippen molar-refractivity contribution in [2.24, 2.45) is 0 Å². The van der Waals surface area contributed by atoms with Crippen LogP contribution in [-0.2, 0) is 6.54 Å². The molecule has 0 fully saturated rings. The maximum atomic E-state index is 12.3. The molecule has 0 saturated heterocycles. The van der Waals surface area contributed by atoms with Crippen LogP contribution in [0.4, 0.5) is 0 Å². The summed E-state index contributed by atoms with van der Waals surface area (Å²) >= 11 is 0. The van der Waals surface area contributed by atoms with Crippen LogP contribution < -0.4 is 20.3 Å². The lowest BCUT2D eigenvalue weighted by Gasteiger charge is -2.09. The summed E-state index contributed by atoms with van der Waals surface area (Å²) in [4.78, 5) is 24.4.